The Balaban J connectivity index is 3.00. The number of hydrogen-bond acceptors (Lipinski definition) is 2. The summed E-state index contributed by atoms with van der Waals surface area (Å²) in [6.45, 7) is 1.73. The molecular weight excluding hydrogens is 94.0 g/mol. The van der Waals surface area contributed by atoms with Gasteiger partial charge in [0.25, 0.3) is 0 Å². The van der Waals surface area contributed by atoms with E-state index < -0.39 is 0 Å². The Hall–Kier alpha value is -0.570. The summed E-state index contributed by atoms with van der Waals surface area (Å²) in [4.78, 5) is 14.2. The van der Waals surface area contributed by atoms with Gasteiger partial charge < -0.3 is 0 Å². The first-order valence-electron chi connectivity index (χ1n) is 2.01. The monoisotopic (exact) mass is 102 g/mol. The smallest absolute Gasteiger partial charge is 0.243 e. The van der Waals surface area contributed by atoms with Crippen LogP contribution in [-0.2, 0) is 9.63 Å². The van der Waals surface area contributed by atoms with Gasteiger partial charge in [-0.2, -0.15) is 0 Å². The largest absolute Gasteiger partial charge is 0.273 e. The molecule has 0 aromatic rings. The van der Waals surface area contributed by atoms with Crippen LogP contribution in [0.3, 0.4) is 0 Å². The van der Waals surface area contributed by atoms with Gasteiger partial charge in [-0.1, -0.05) is 6.92 Å². The van der Waals surface area contributed by atoms with Crippen molar-refractivity contribution in [3.8, 4) is 0 Å². The average molecular weight is 102 g/mol. The highest BCUT2D eigenvalue weighted by Crippen LogP contribution is 1.71. The van der Waals surface area contributed by atoms with E-state index in [4.69, 9.17) is 0 Å². The minimum Gasteiger partial charge on any atom is -0.273 e. The summed E-state index contributed by atoms with van der Waals surface area (Å²) in [6, 6.07) is 0. The Morgan fingerprint density at radius 2 is 2.57 bits per heavy atom. The van der Waals surface area contributed by atoms with Gasteiger partial charge in [0, 0.05) is 6.42 Å². The Kier molecular flexibility index (Phi) is 3.32. The molecule has 0 aliphatic rings. The zero-order valence-electron chi connectivity index (χ0n) is 4.23. The molecule has 0 saturated heterocycles. The van der Waals surface area contributed by atoms with Crippen LogP contribution in [0.1, 0.15) is 13.3 Å². The van der Waals surface area contributed by atoms with E-state index in [0.29, 0.717) is 6.42 Å². The second kappa shape index (κ2) is 3.61. The molecule has 0 aromatic carbocycles. The molecule has 0 heterocycles. The maximum absolute atomic E-state index is 10.1. The van der Waals surface area contributed by atoms with Crippen LogP contribution in [0.2, 0.25) is 0 Å². The number of amides is 1. The predicted octanol–water partition coefficient (Wildman–Crippen LogP) is 0.236. The molecule has 0 rings (SSSR count). The molecule has 1 N–H and O–H groups in total. The van der Waals surface area contributed by atoms with Crippen LogP contribution in [0, 0.1) is 7.11 Å². The van der Waals surface area contributed by atoms with E-state index in [-0.39, 0.29) is 5.91 Å². The molecule has 0 fully saturated rings. The number of carbonyl (C=O) groups is 1. The number of hydrogen-bond donors (Lipinski definition) is 1. The van der Waals surface area contributed by atoms with E-state index in [1.54, 1.807) is 6.92 Å². The molecule has 0 bridgehead atoms. The first-order chi connectivity index (χ1) is 3.31. The zero-order chi connectivity index (χ0) is 5.70. The third-order valence-corrected chi connectivity index (χ3v) is 0.507. The molecule has 0 aromatic heterocycles. The fourth-order valence-electron chi connectivity index (χ4n) is 0.153. The Labute approximate surface area is 42.6 Å². The van der Waals surface area contributed by atoms with Crippen molar-refractivity contribution in [1.82, 2.24) is 5.48 Å². The number of nitrogens with one attached hydrogen (secondary N) is 1. The van der Waals surface area contributed by atoms with Crippen LogP contribution in [0.15, 0.2) is 0 Å². The third kappa shape index (κ3) is 3.26. The van der Waals surface area contributed by atoms with E-state index in [1.165, 1.54) is 0 Å². The Morgan fingerprint density at radius 3 is 2.71 bits per heavy atom. The number of carbonyl (C=O) groups excluding carboxylic acids is 1. The molecule has 0 unspecified atom stereocenters. The molecule has 0 spiro atoms. The lowest BCUT2D eigenvalue weighted by atomic mass is 10.5. The molecule has 1 amide bonds. The third-order valence-electron chi connectivity index (χ3n) is 0.507. The Bertz CT molecular complexity index is 62.7. The van der Waals surface area contributed by atoms with Crippen molar-refractivity contribution < 1.29 is 9.63 Å². The number of rotatable bonds is 2. The van der Waals surface area contributed by atoms with Crippen molar-refractivity contribution in [2.24, 2.45) is 0 Å². The van der Waals surface area contributed by atoms with Gasteiger partial charge in [-0.15, -0.1) is 0 Å². The SMILES string of the molecule is [CH2]ONC(=O)CC. The molecule has 0 saturated carbocycles. The molecular formula is C4H8NO2. The van der Waals surface area contributed by atoms with Crippen molar-refractivity contribution in [3.05, 3.63) is 7.11 Å². The Morgan fingerprint density at radius 1 is 2.00 bits per heavy atom. The first-order valence-corrected chi connectivity index (χ1v) is 2.01. The van der Waals surface area contributed by atoms with Gasteiger partial charge in [0.15, 0.2) is 0 Å². The summed E-state index contributed by atoms with van der Waals surface area (Å²) in [5.41, 5.74) is 2.05. The van der Waals surface area contributed by atoms with Crippen LogP contribution < -0.4 is 5.48 Å². The van der Waals surface area contributed by atoms with Gasteiger partial charge >= 0.3 is 0 Å². The normalized spacial score (nSPS) is 8.29. The first kappa shape index (κ1) is 6.43. The molecule has 0 atom stereocenters. The van der Waals surface area contributed by atoms with Crippen LogP contribution in [0.5, 0.6) is 0 Å². The lowest BCUT2D eigenvalue weighted by molar-refractivity contribution is -0.129. The minimum atomic E-state index is -0.157. The zero-order valence-corrected chi connectivity index (χ0v) is 4.23. The molecule has 41 valence electrons. The summed E-state index contributed by atoms with van der Waals surface area (Å²) in [7, 11) is 2.94. The summed E-state index contributed by atoms with van der Waals surface area (Å²) in [6.07, 6.45) is 0.426. The van der Waals surface area contributed by atoms with E-state index in [0.717, 1.165) is 0 Å². The summed E-state index contributed by atoms with van der Waals surface area (Å²) < 4.78 is 0. The fraction of sp³-hybridized carbons (Fsp3) is 0.500. The standard InChI is InChI=1S/C4H8NO2/c1-3-4(6)5-7-2/h2-3H2,1H3,(H,5,6). The summed E-state index contributed by atoms with van der Waals surface area (Å²) in [5.74, 6) is -0.157. The van der Waals surface area contributed by atoms with Gasteiger partial charge in [-0.25, -0.2) is 5.48 Å². The highest BCUT2D eigenvalue weighted by molar-refractivity contribution is 5.74. The predicted molar refractivity (Wildman–Crippen MR) is 24.9 cm³/mol. The van der Waals surface area contributed by atoms with Gasteiger partial charge in [0.1, 0.15) is 7.11 Å². The van der Waals surface area contributed by atoms with E-state index in [1.807, 2.05) is 5.48 Å². The van der Waals surface area contributed by atoms with Crippen LogP contribution >= 0.6 is 0 Å². The molecule has 0 aliphatic carbocycles. The lowest BCUT2D eigenvalue weighted by Gasteiger charge is -1.93. The van der Waals surface area contributed by atoms with Crippen molar-refractivity contribution in [2.45, 2.75) is 13.3 Å². The van der Waals surface area contributed by atoms with Crippen molar-refractivity contribution >= 4 is 5.91 Å². The second-order valence-corrected chi connectivity index (χ2v) is 1.02. The van der Waals surface area contributed by atoms with E-state index in [9.17, 15) is 4.79 Å². The fourth-order valence-corrected chi connectivity index (χ4v) is 0.153. The van der Waals surface area contributed by atoms with Gasteiger partial charge in [-0.05, 0) is 0 Å². The van der Waals surface area contributed by atoms with Crippen LogP contribution in [0.4, 0.5) is 0 Å². The quantitative estimate of drug-likeness (QED) is 0.507. The highest BCUT2D eigenvalue weighted by atomic mass is 16.6. The van der Waals surface area contributed by atoms with Crippen molar-refractivity contribution in [3.63, 3.8) is 0 Å². The molecule has 7 heavy (non-hydrogen) atoms. The molecule has 0 aliphatic heterocycles. The maximum Gasteiger partial charge on any atom is 0.243 e. The summed E-state index contributed by atoms with van der Waals surface area (Å²) >= 11 is 0. The van der Waals surface area contributed by atoms with Gasteiger partial charge in [-0.3, -0.25) is 9.63 Å². The molecule has 1 radical (unpaired) electrons. The van der Waals surface area contributed by atoms with Gasteiger partial charge in [0.05, 0.1) is 0 Å². The summed E-state index contributed by atoms with van der Waals surface area (Å²) in [5, 5.41) is 0. The average Bonchev–Trinajstić information content (AvgIpc) is 1.68. The van der Waals surface area contributed by atoms with Crippen LogP contribution in [0.25, 0.3) is 0 Å². The topological polar surface area (TPSA) is 38.3 Å². The minimum absolute atomic E-state index is 0.157. The number of hydroxylamine groups is 1. The maximum atomic E-state index is 10.1. The molecule has 3 nitrogen and oxygen atoms in total. The second-order valence-electron chi connectivity index (χ2n) is 1.02. The van der Waals surface area contributed by atoms with Crippen LogP contribution in [-0.4, -0.2) is 5.91 Å². The van der Waals surface area contributed by atoms with E-state index >= 15 is 0 Å². The van der Waals surface area contributed by atoms with Crippen molar-refractivity contribution in [2.75, 3.05) is 0 Å². The highest BCUT2D eigenvalue weighted by Gasteiger charge is 1.89. The lowest BCUT2D eigenvalue weighted by Crippen LogP contribution is -2.19. The van der Waals surface area contributed by atoms with Gasteiger partial charge in [0.2, 0.25) is 5.91 Å². The van der Waals surface area contributed by atoms with Crippen molar-refractivity contribution in [1.29, 1.82) is 0 Å². The van der Waals surface area contributed by atoms with E-state index in [2.05, 4.69) is 11.9 Å². The molecule has 3 heteroatoms.